The number of carbonyl (C=O) groups is 1. The van der Waals surface area contributed by atoms with Crippen molar-refractivity contribution in [1.29, 1.82) is 0 Å². The molecule has 31 heavy (non-hydrogen) atoms. The van der Waals surface area contributed by atoms with E-state index >= 15 is 0 Å². The number of benzene rings is 2. The monoisotopic (exact) mass is 413 g/mol. The number of ether oxygens (including phenoxy) is 1. The zero-order chi connectivity index (χ0) is 21.5. The van der Waals surface area contributed by atoms with Gasteiger partial charge in [0.15, 0.2) is 0 Å². The molecule has 5 rings (SSSR count). The highest BCUT2D eigenvalue weighted by Crippen LogP contribution is 2.36. The fourth-order valence-corrected chi connectivity index (χ4v) is 4.14. The molecule has 7 nitrogen and oxygen atoms in total. The van der Waals surface area contributed by atoms with Gasteiger partial charge in [-0.25, -0.2) is 9.97 Å². The first-order valence-electron chi connectivity index (χ1n) is 10.2. The molecule has 0 fully saturated rings. The maximum absolute atomic E-state index is 12.3. The molecule has 2 N–H and O–H groups in total. The zero-order valence-electron chi connectivity index (χ0n) is 17.5. The molecule has 1 unspecified atom stereocenters. The van der Waals surface area contributed by atoms with Crippen LogP contribution in [0.25, 0.3) is 11.3 Å². The lowest BCUT2D eigenvalue weighted by Gasteiger charge is -2.26. The lowest BCUT2D eigenvalue weighted by Crippen LogP contribution is -2.29. The van der Waals surface area contributed by atoms with Gasteiger partial charge in [-0.05, 0) is 47.9 Å². The van der Waals surface area contributed by atoms with Crippen molar-refractivity contribution in [2.45, 2.75) is 12.8 Å². The SMILES string of the molecule is CN(C)C(=O)c1ccc2c(c1)CC(C1=Nc3cc(-c4ccnc(N)n4)ccc3C1)CO2. The molecule has 1 aromatic heterocycles. The molecule has 2 aromatic carbocycles. The van der Waals surface area contributed by atoms with Crippen LogP contribution in [-0.4, -0.2) is 47.2 Å². The minimum absolute atomic E-state index is 0.00609. The van der Waals surface area contributed by atoms with E-state index in [0.717, 1.165) is 46.8 Å². The number of aliphatic imine (C=N–C) groups is 1. The second kappa shape index (κ2) is 7.50. The van der Waals surface area contributed by atoms with Crippen molar-refractivity contribution in [2.24, 2.45) is 10.9 Å². The Balaban J connectivity index is 1.39. The van der Waals surface area contributed by atoms with E-state index in [9.17, 15) is 4.79 Å². The Hall–Kier alpha value is -3.74. The highest BCUT2D eigenvalue weighted by Gasteiger charge is 2.28. The number of carbonyl (C=O) groups excluding carboxylic acids is 1. The normalized spacial score (nSPS) is 16.7. The number of hydrogen-bond acceptors (Lipinski definition) is 6. The minimum Gasteiger partial charge on any atom is -0.493 e. The Kier molecular flexibility index (Phi) is 4.66. The van der Waals surface area contributed by atoms with Crippen molar-refractivity contribution in [2.75, 3.05) is 26.4 Å². The van der Waals surface area contributed by atoms with Crippen molar-refractivity contribution in [3.8, 4) is 17.0 Å². The summed E-state index contributed by atoms with van der Waals surface area (Å²) >= 11 is 0. The molecule has 3 aromatic rings. The highest BCUT2D eigenvalue weighted by molar-refractivity contribution is 5.97. The van der Waals surface area contributed by atoms with Crippen molar-refractivity contribution in [3.63, 3.8) is 0 Å². The van der Waals surface area contributed by atoms with Gasteiger partial charge in [0.1, 0.15) is 5.75 Å². The van der Waals surface area contributed by atoms with Crippen LogP contribution in [-0.2, 0) is 12.8 Å². The van der Waals surface area contributed by atoms with E-state index in [1.165, 1.54) is 5.56 Å². The summed E-state index contributed by atoms with van der Waals surface area (Å²) in [5.41, 5.74) is 12.5. The number of rotatable bonds is 3. The van der Waals surface area contributed by atoms with E-state index < -0.39 is 0 Å². The molecule has 0 radical (unpaired) electrons. The fourth-order valence-electron chi connectivity index (χ4n) is 4.14. The summed E-state index contributed by atoms with van der Waals surface area (Å²) in [5.74, 6) is 1.29. The number of anilines is 1. The number of nitrogens with two attached hydrogens (primary N) is 1. The largest absolute Gasteiger partial charge is 0.493 e. The summed E-state index contributed by atoms with van der Waals surface area (Å²) in [5, 5.41) is 0. The second-order valence-electron chi connectivity index (χ2n) is 8.16. The summed E-state index contributed by atoms with van der Waals surface area (Å²) < 4.78 is 6.01. The summed E-state index contributed by atoms with van der Waals surface area (Å²) in [6.07, 6.45) is 3.28. The predicted molar refractivity (Wildman–Crippen MR) is 120 cm³/mol. The van der Waals surface area contributed by atoms with Gasteiger partial charge in [0.25, 0.3) is 5.91 Å². The van der Waals surface area contributed by atoms with Crippen LogP contribution in [0.2, 0.25) is 0 Å². The molecule has 0 bridgehead atoms. The first-order valence-corrected chi connectivity index (χ1v) is 10.2. The zero-order valence-corrected chi connectivity index (χ0v) is 17.5. The van der Waals surface area contributed by atoms with Crippen molar-refractivity contribution in [3.05, 3.63) is 65.4 Å². The summed E-state index contributed by atoms with van der Waals surface area (Å²) in [4.78, 5) is 27.1. The van der Waals surface area contributed by atoms with Crippen LogP contribution in [0.4, 0.5) is 11.6 Å². The van der Waals surface area contributed by atoms with Crippen molar-refractivity contribution >= 4 is 23.3 Å². The van der Waals surface area contributed by atoms with E-state index in [0.29, 0.717) is 12.2 Å². The third kappa shape index (κ3) is 3.63. The fraction of sp³-hybridized carbons (Fsp3) is 0.250. The predicted octanol–water partition coefficient (Wildman–Crippen LogP) is 3.31. The van der Waals surface area contributed by atoms with Crippen LogP contribution < -0.4 is 10.5 Å². The number of nitrogens with zero attached hydrogens (tertiary/aromatic N) is 4. The van der Waals surface area contributed by atoms with Gasteiger partial charge in [-0.15, -0.1) is 0 Å². The molecule has 0 spiro atoms. The third-order valence-electron chi connectivity index (χ3n) is 5.78. The molecule has 1 atom stereocenters. The van der Waals surface area contributed by atoms with Gasteiger partial charge >= 0.3 is 0 Å². The quantitative estimate of drug-likeness (QED) is 0.711. The molecule has 3 heterocycles. The van der Waals surface area contributed by atoms with Crippen LogP contribution >= 0.6 is 0 Å². The van der Waals surface area contributed by atoms with E-state index in [1.54, 1.807) is 25.2 Å². The number of hydrogen-bond donors (Lipinski definition) is 1. The van der Waals surface area contributed by atoms with Crippen LogP contribution in [0.1, 0.15) is 21.5 Å². The van der Waals surface area contributed by atoms with Crippen molar-refractivity contribution in [1.82, 2.24) is 14.9 Å². The molecule has 7 heteroatoms. The topological polar surface area (TPSA) is 93.7 Å². The molecule has 156 valence electrons. The molecule has 2 aliphatic rings. The van der Waals surface area contributed by atoms with Crippen LogP contribution in [0, 0.1) is 5.92 Å². The van der Waals surface area contributed by atoms with Crippen molar-refractivity contribution < 1.29 is 9.53 Å². The Bertz CT molecular complexity index is 1220. The molecule has 1 amide bonds. The average Bonchev–Trinajstić information content (AvgIpc) is 3.21. The maximum atomic E-state index is 12.3. The molecular weight excluding hydrogens is 390 g/mol. The number of nitrogen functional groups attached to an aromatic ring is 1. The smallest absolute Gasteiger partial charge is 0.253 e. The lowest BCUT2D eigenvalue weighted by molar-refractivity contribution is 0.0827. The van der Waals surface area contributed by atoms with Crippen LogP contribution in [0.5, 0.6) is 5.75 Å². The molecule has 0 aliphatic carbocycles. The average molecular weight is 413 g/mol. The van der Waals surface area contributed by atoms with E-state index in [1.807, 2.05) is 30.3 Å². The summed E-state index contributed by atoms with van der Waals surface area (Å²) in [7, 11) is 3.52. The van der Waals surface area contributed by atoms with Crippen LogP contribution in [0.3, 0.4) is 0 Å². The van der Waals surface area contributed by atoms with Gasteiger partial charge in [0.05, 0.1) is 18.0 Å². The number of amides is 1. The summed E-state index contributed by atoms with van der Waals surface area (Å²) in [6, 6.07) is 13.7. The standard InChI is InChI=1S/C24H23N5O2/c1-29(2)23(30)16-5-6-22-17(9-16)10-18(13-31-22)21-12-15-4-3-14(11-20(15)27-21)19-7-8-26-24(25)28-19/h3-9,11,18H,10,12-13H2,1-2H3,(H2,25,26,28). The van der Waals surface area contributed by atoms with Gasteiger partial charge in [-0.2, -0.15) is 0 Å². The Morgan fingerprint density at radius 2 is 2.00 bits per heavy atom. The van der Waals surface area contributed by atoms with Gasteiger partial charge in [-0.1, -0.05) is 12.1 Å². The van der Waals surface area contributed by atoms with E-state index in [4.69, 9.17) is 15.5 Å². The molecular formula is C24H23N5O2. The Morgan fingerprint density at radius 1 is 1.13 bits per heavy atom. The number of fused-ring (bicyclic) bond motifs is 2. The highest BCUT2D eigenvalue weighted by atomic mass is 16.5. The molecule has 0 saturated heterocycles. The molecule has 0 saturated carbocycles. The lowest BCUT2D eigenvalue weighted by atomic mass is 9.89. The third-order valence-corrected chi connectivity index (χ3v) is 5.78. The second-order valence-corrected chi connectivity index (χ2v) is 8.16. The van der Waals surface area contributed by atoms with Gasteiger partial charge < -0.3 is 15.4 Å². The van der Waals surface area contributed by atoms with E-state index in [2.05, 4.69) is 22.1 Å². The first kappa shape index (κ1) is 19.2. The van der Waals surface area contributed by atoms with E-state index in [-0.39, 0.29) is 17.8 Å². The molecule has 2 aliphatic heterocycles. The Labute approximate surface area is 180 Å². The van der Waals surface area contributed by atoms with Gasteiger partial charge in [0, 0.05) is 49.5 Å². The van der Waals surface area contributed by atoms with Gasteiger partial charge in [-0.3, -0.25) is 9.79 Å². The maximum Gasteiger partial charge on any atom is 0.253 e. The Morgan fingerprint density at radius 3 is 2.81 bits per heavy atom. The summed E-state index contributed by atoms with van der Waals surface area (Å²) in [6.45, 7) is 0.593. The number of aromatic nitrogens is 2. The first-order chi connectivity index (χ1) is 15.0. The minimum atomic E-state index is -0.00609. The van der Waals surface area contributed by atoms with Gasteiger partial charge in [0.2, 0.25) is 5.95 Å². The van der Waals surface area contributed by atoms with Crippen LogP contribution in [0.15, 0.2) is 53.7 Å².